The van der Waals surface area contributed by atoms with Gasteiger partial charge < -0.3 is 10.2 Å². The first-order valence-corrected chi connectivity index (χ1v) is 7.13. The number of hydrogen-bond acceptors (Lipinski definition) is 3. The highest BCUT2D eigenvalue weighted by molar-refractivity contribution is 7.08. The third kappa shape index (κ3) is 2.87. The van der Waals surface area contributed by atoms with Crippen molar-refractivity contribution in [3.05, 3.63) is 21.9 Å². The van der Waals surface area contributed by atoms with Crippen LogP contribution in [0.1, 0.15) is 28.8 Å². The van der Waals surface area contributed by atoms with Crippen LogP contribution in [0, 0.1) is 12.8 Å². The van der Waals surface area contributed by atoms with Crippen LogP contribution >= 0.6 is 11.3 Å². The first-order valence-electron chi connectivity index (χ1n) is 6.19. The van der Waals surface area contributed by atoms with E-state index >= 15 is 0 Å². The van der Waals surface area contributed by atoms with Crippen LogP contribution in [0.5, 0.6) is 0 Å². The van der Waals surface area contributed by atoms with Crippen molar-refractivity contribution in [1.29, 1.82) is 0 Å². The topological polar surface area (TPSA) is 32.3 Å². The molecule has 0 unspecified atom stereocenters. The minimum absolute atomic E-state index is 0.214. The fourth-order valence-corrected chi connectivity index (χ4v) is 3.20. The highest BCUT2D eigenvalue weighted by atomic mass is 32.1. The number of carbonyl (C=O) groups excluding carboxylic acids is 1. The maximum absolute atomic E-state index is 12.3. The number of likely N-dealkylation sites (tertiary alicyclic amines) is 1. The van der Waals surface area contributed by atoms with Crippen molar-refractivity contribution in [3.8, 4) is 0 Å². The quantitative estimate of drug-likeness (QED) is 0.894. The summed E-state index contributed by atoms with van der Waals surface area (Å²) in [7, 11) is 1.99. The van der Waals surface area contributed by atoms with Gasteiger partial charge in [0.15, 0.2) is 0 Å². The zero-order chi connectivity index (χ0) is 12.3. The number of thiophene rings is 1. The smallest absolute Gasteiger partial charge is 0.254 e. The van der Waals surface area contributed by atoms with Crippen molar-refractivity contribution < 1.29 is 4.79 Å². The van der Waals surface area contributed by atoms with E-state index in [1.807, 2.05) is 29.6 Å². The molecule has 0 atom stereocenters. The minimum atomic E-state index is 0.214. The summed E-state index contributed by atoms with van der Waals surface area (Å²) in [6, 6.07) is 0. The number of hydrogen-bond donors (Lipinski definition) is 1. The van der Waals surface area contributed by atoms with E-state index in [9.17, 15) is 4.79 Å². The zero-order valence-electron chi connectivity index (χ0n) is 10.5. The molecule has 0 aromatic carbocycles. The number of carbonyl (C=O) groups is 1. The number of nitrogens with zero attached hydrogens (tertiary/aromatic N) is 1. The Balaban J connectivity index is 1.93. The zero-order valence-corrected chi connectivity index (χ0v) is 11.3. The second-order valence-corrected chi connectivity index (χ2v) is 5.51. The Morgan fingerprint density at radius 2 is 2.18 bits per heavy atom. The molecule has 0 radical (unpaired) electrons. The Morgan fingerprint density at radius 3 is 2.71 bits per heavy atom. The highest BCUT2D eigenvalue weighted by Gasteiger charge is 2.24. The van der Waals surface area contributed by atoms with Crippen molar-refractivity contribution in [2.45, 2.75) is 19.8 Å². The molecule has 1 amide bonds. The molecule has 0 bridgehead atoms. The van der Waals surface area contributed by atoms with Gasteiger partial charge >= 0.3 is 0 Å². The standard InChI is InChI=1S/C13H20N2OS/c1-10-8-17-9-12(10)13(16)15-5-3-11(4-6-15)7-14-2/h8-9,11,14H,3-7H2,1-2H3. The maximum Gasteiger partial charge on any atom is 0.254 e. The second kappa shape index (κ2) is 5.65. The number of aryl methyl sites for hydroxylation is 1. The van der Waals surface area contributed by atoms with Crippen LogP contribution in [0.15, 0.2) is 10.8 Å². The van der Waals surface area contributed by atoms with Crippen LogP contribution < -0.4 is 5.32 Å². The van der Waals surface area contributed by atoms with Gasteiger partial charge in [0.05, 0.1) is 5.56 Å². The summed E-state index contributed by atoms with van der Waals surface area (Å²) in [5.74, 6) is 0.944. The molecule has 94 valence electrons. The lowest BCUT2D eigenvalue weighted by atomic mass is 9.96. The molecule has 1 aromatic rings. The molecule has 3 nitrogen and oxygen atoms in total. The summed E-state index contributed by atoms with van der Waals surface area (Å²) in [5.41, 5.74) is 2.00. The van der Waals surface area contributed by atoms with Crippen LogP contribution in [0.25, 0.3) is 0 Å². The summed E-state index contributed by atoms with van der Waals surface area (Å²) in [5, 5.41) is 7.23. The first-order chi connectivity index (χ1) is 8.22. The van der Waals surface area contributed by atoms with Gasteiger partial charge in [-0.05, 0) is 50.2 Å². The van der Waals surface area contributed by atoms with Crippen LogP contribution in [0.4, 0.5) is 0 Å². The predicted molar refractivity (Wildman–Crippen MR) is 71.6 cm³/mol. The molecular weight excluding hydrogens is 232 g/mol. The third-order valence-electron chi connectivity index (χ3n) is 3.48. The van der Waals surface area contributed by atoms with Gasteiger partial charge in [-0.1, -0.05) is 0 Å². The fourth-order valence-electron chi connectivity index (χ4n) is 2.38. The summed E-state index contributed by atoms with van der Waals surface area (Å²) in [4.78, 5) is 14.3. The molecule has 2 rings (SSSR count). The molecule has 0 aliphatic carbocycles. The largest absolute Gasteiger partial charge is 0.339 e. The number of piperidine rings is 1. The van der Waals surface area contributed by atoms with Crippen molar-refractivity contribution in [1.82, 2.24) is 10.2 Å². The molecule has 0 spiro atoms. The summed E-state index contributed by atoms with van der Waals surface area (Å²) in [6.07, 6.45) is 2.24. The van der Waals surface area contributed by atoms with E-state index in [-0.39, 0.29) is 5.91 Å². The van der Waals surface area contributed by atoms with E-state index in [0.717, 1.165) is 49.5 Å². The first kappa shape index (κ1) is 12.6. The molecule has 0 saturated carbocycles. The Bertz CT molecular complexity index is 381. The Labute approximate surface area is 107 Å². The average Bonchev–Trinajstić information content (AvgIpc) is 2.76. The average molecular weight is 252 g/mol. The van der Waals surface area contributed by atoms with E-state index in [4.69, 9.17) is 0 Å². The summed E-state index contributed by atoms with van der Waals surface area (Å²) >= 11 is 1.61. The normalized spacial score (nSPS) is 17.4. The Hall–Kier alpha value is -0.870. The molecule has 1 fully saturated rings. The minimum Gasteiger partial charge on any atom is -0.339 e. The van der Waals surface area contributed by atoms with Crippen molar-refractivity contribution in [2.24, 2.45) is 5.92 Å². The second-order valence-electron chi connectivity index (χ2n) is 4.76. The SMILES string of the molecule is CNCC1CCN(C(=O)c2cscc2C)CC1. The molecule has 1 N–H and O–H groups in total. The molecule has 1 aliphatic heterocycles. The van der Waals surface area contributed by atoms with Gasteiger partial charge in [-0.3, -0.25) is 4.79 Å². The molecule has 1 saturated heterocycles. The molecular formula is C13H20N2OS. The van der Waals surface area contributed by atoms with E-state index in [0.29, 0.717) is 0 Å². The van der Waals surface area contributed by atoms with Crippen molar-refractivity contribution >= 4 is 17.2 Å². The van der Waals surface area contributed by atoms with Crippen LogP contribution in [-0.4, -0.2) is 37.5 Å². The van der Waals surface area contributed by atoms with Gasteiger partial charge in [0.25, 0.3) is 5.91 Å². The van der Waals surface area contributed by atoms with Crippen molar-refractivity contribution in [3.63, 3.8) is 0 Å². The van der Waals surface area contributed by atoms with E-state index in [2.05, 4.69) is 5.32 Å². The Kier molecular flexibility index (Phi) is 4.18. The molecule has 1 aromatic heterocycles. The van der Waals surface area contributed by atoms with Gasteiger partial charge in [0.1, 0.15) is 0 Å². The van der Waals surface area contributed by atoms with E-state index < -0.39 is 0 Å². The van der Waals surface area contributed by atoms with Crippen LogP contribution in [0.2, 0.25) is 0 Å². The Morgan fingerprint density at radius 1 is 1.47 bits per heavy atom. The highest BCUT2D eigenvalue weighted by Crippen LogP contribution is 2.21. The molecule has 4 heteroatoms. The van der Waals surface area contributed by atoms with Gasteiger partial charge in [-0.25, -0.2) is 0 Å². The fraction of sp³-hybridized carbons (Fsp3) is 0.615. The van der Waals surface area contributed by atoms with Crippen molar-refractivity contribution in [2.75, 3.05) is 26.7 Å². The van der Waals surface area contributed by atoms with Gasteiger partial charge in [0, 0.05) is 18.5 Å². The number of nitrogens with one attached hydrogen (secondary N) is 1. The van der Waals surface area contributed by atoms with Crippen LogP contribution in [-0.2, 0) is 0 Å². The van der Waals surface area contributed by atoms with E-state index in [1.54, 1.807) is 11.3 Å². The molecule has 17 heavy (non-hydrogen) atoms. The molecule has 2 heterocycles. The summed E-state index contributed by atoms with van der Waals surface area (Å²) in [6.45, 7) is 4.89. The number of amides is 1. The lowest BCUT2D eigenvalue weighted by Gasteiger charge is -2.32. The van der Waals surface area contributed by atoms with Gasteiger partial charge in [-0.2, -0.15) is 11.3 Å². The maximum atomic E-state index is 12.3. The lowest BCUT2D eigenvalue weighted by molar-refractivity contribution is 0.0691. The predicted octanol–water partition coefficient (Wildman–Crippen LogP) is 2.13. The van der Waals surface area contributed by atoms with E-state index in [1.165, 1.54) is 0 Å². The summed E-state index contributed by atoms with van der Waals surface area (Å²) < 4.78 is 0. The van der Waals surface area contributed by atoms with Gasteiger partial charge in [0.2, 0.25) is 0 Å². The lowest BCUT2D eigenvalue weighted by Crippen LogP contribution is -2.40. The monoisotopic (exact) mass is 252 g/mol. The number of rotatable bonds is 3. The van der Waals surface area contributed by atoms with Gasteiger partial charge in [-0.15, -0.1) is 0 Å². The third-order valence-corrected chi connectivity index (χ3v) is 4.34. The van der Waals surface area contributed by atoms with Crippen LogP contribution in [0.3, 0.4) is 0 Å². The molecule has 1 aliphatic rings.